The van der Waals surface area contributed by atoms with Crippen molar-refractivity contribution in [3.05, 3.63) is 46.1 Å². The van der Waals surface area contributed by atoms with E-state index >= 15 is 0 Å². The highest BCUT2D eigenvalue weighted by atomic mass is 32.2. The molecule has 2 heterocycles. The second-order valence-electron chi connectivity index (χ2n) is 5.43. The highest BCUT2D eigenvalue weighted by molar-refractivity contribution is 8.00. The number of methoxy groups -OCH3 is 1. The molecule has 0 aliphatic rings. The van der Waals surface area contributed by atoms with Crippen molar-refractivity contribution in [1.82, 2.24) is 15.0 Å². The van der Waals surface area contributed by atoms with Gasteiger partial charge in [-0.15, -0.1) is 11.3 Å². The van der Waals surface area contributed by atoms with Gasteiger partial charge in [0.2, 0.25) is 11.8 Å². The van der Waals surface area contributed by atoms with Crippen LogP contribution in [0.5, 0.6) is 11.6 Å². The number of amides is 1. The zero-order chi connectivity index (χ0) is 19.4. The number of rotatable bonds is 6. The van der Waals surface area contributed by atoms with Crippen LogP contribution in [0.4, 0.5) is 5.13 Å². The van der Waals surface area contributed by atoms with Crippen LogP contribution in [0.3, 0.4) is 0 Å². The van der Waals surface area contributed by atoms with Gasteiger partial charge >= 0.3 is 0 Å². The summed E-state index contributed by atoms with van der Waals surface area (Å²) in [5, 5.41) is 14.0. The Kier molecular flexibility index (Phi) is 5.77. The lowest BCUT2D eigenvalue weighted by Crippen LogP contribution is -2.23. The quantitative estimate of drug-likeness (QED) is 0.427. The number of thiazole rings is 1. The fraction of sp³-hybridized carbons (Fsp3) is 0.176. The molecule has 1 amide bonds. The van der Waals surface area contributed by atoms with Gasteiger partial charge in [0.25, 0.3) is 5.56 Å². The molecule has 3 aromatic rings. The molecular formula is C17H16N4O4S2. The Bertz CT molecular complexity index is 1020. The number of ether oxygens (including phenoxy) is 1. The Morgan fingerprint density at radius 3 is 2.93 bits per heavy atom. The molecule has 0 radical (unpaired) electrons. The summed E-state index contributed by atoms with van der Waals surface area (Å²) in [5.74, 6) is 0.0398. The van der Waals surface area contributed by atoms with Crippen LogP contribution in [0.2, 0.25) is 0 Å². The number of carbonyl (C=O) groups excluding carboxylic acids is 1. The predicted octanol–water partition coefficient (Wildman–Crippen LogP) is 2.73. The molecule has 1 aromatic carbocycles. The first-order chi connectivity index (χ1) is 12.9. The van der Waals surface area contributed by atoms with Gasteiger partial charge in [0.15, 0.2) is 10.3 Å². The van der Waals surface area contributed by atoms with Crippen LogP contribution in [0.25, 0.3) is 11.3 Å². The number of aromatic amines is 1. The van der Waals surface area contributed by atoms with Gasteiger partial charge in [0.1, 0.15) is 5.75 Å². The summed E-state index contributed by atoms with van der Waals surface area (Å²) in [5.41, 5.74) is 1.13. The van der Waals surface area contributed by atoms with Gasteiger partial charge in [-0.05, 0) is 19.1 Å². The van der Waals surface area contributed by atoms with E-state index in [2.05, 4.69) is 20.3 Å². The number of nitrogens with one attached hydrogen (secondary N) is 2. The smallest absolute Gasteiger partial charge is 0.255 e. The fourth-order valence-corrected chi connectivity index (χ4v) is 3.68. The predicted molar refractivity (Wildman–Crippen MR) is 105 cm³/mol. The molecule has 0 saturated heterocycles. The molecule has 8 nitrogen and oxygen atoms in total. The molecule has 2 aromatic heterocycles. The Balaban J connectivity index is 1.67. The number of anilines is 1. The highest BCUT2D eigenvalue weighted by Gasteiger charge is 2.18. The SMILES string of the molecule is COc1cccc(-c2csc(NC(=O)C(C)Sc3nc(O)cc(=O)[nH]3)n2)c1. The first-order valence-corrected chi connectivity index (χ1v) is 9.58. The van der Waals surface area contributed by atoms with Crippen molar-refractivity contribution in [3.63, 3.8) is 0 Å². The number of aromatic nitrogens is 3. The van der Waals surface area contributed by atoms with E-state index < -0.39 is 16.7 Å². The van der Waals surface area contributed by atoms with Crippen LogP contribution in [0.15, 0.2) is 45.7 Å². The molecule has 1 atom stereocenters. The first-order valence-electron chi connectivity index (χ1n) is 7.82. The second kappa shape index (κ2) is 8.23. The van der Waals surface area contributed by atoms with Gasteiger partial charge in [0.05, 0.1) is 24.1 Å². The van der Waals surface area contributed by atoms with Crippen molar-refractivity contribution in [3.8, 4) is 22.9 Å². The molecule has 0 fully saturated rings. The largest absolute Gasteiger partial charge is 0.497 e. The molecule has 0 saturated carbocycles. The molecular weight excluding hydrogens is 388 g/mol. The van der Waals surface area contributed by atoms with E-state index in [1.165, 1.54) is 11.3 Å². The Hall–Kier alpha value is -2.85. The second-order valence-corrected chi connectivity index (χ2v) is 7.62. The summed E-state index contributed by atoms with van der Waals surface area (Å²) >= 11 is 2.34. The van der Waals surface area contributed by atoms with E-state index in [4.69, 9.17) is 4.74 Å². The Morgan fingerprint density at radius 2 is 2.19 bits per heavy atom. The maximum atomic E-state index is 12.4. The van der Waals surface area contributed by atoms with E-state index in [9.17, 15) is 14.7 Å². The number of carbonyl (C=O) groups is 1. The lowest BCUT2D eigenvalue weighted by atomic mass is 10.2. The Morgan fingerprint density at radius 1 is 1.37 bits per heavy atom. The van der Waals surface area contributed by atoms with Gasteiger partial charge in [-0.1, -0.05) is 23.9 Å². The molecule has 0 aliphatic heterocycles. The molecule has 0 bridgehead atoms. The third kappa shape index (κ3) is 4.86. The minimum Gasteiger partial charge on any atom is -0.497 e. The molecule has 0 spiro atoms. The first kappa shape index (κ1) is 18.9. The standard InChI is InChI=1S/C17H16N4O4S2/c1-9(27-17-19-13(22)7-14(23)20-17)15(24)21-16-18-12(8-26-16)10-4-3-5-11(6-10)25-2/h3-9H,1-2H3,(H,18,21,24)(H2,19,20,22,23). The number of hydrogen-bond acceptors (Lipinski definition) is 8. The van der Waals surface area contributed by atoms with Crippen molar-refractivity contribution in [2.45, 2.75) is 17.3 Å². The molecule has 3 N–H and O–H groups in total. The molecule has 10 heteroatoms. The summed E-state index contributed by atoms with van der Waals surface area (Å²) in [4.78, 5) is 34.4. The van der Waals surface area contributed by atoms with Crippen LogP contribution < -0.4 is 15.6 Å². The zero-order valence-electron chi connectivity index (χ0n) is 14.4. The van der Waals surface area contributed by atoms with E-state index in [1.807, 2.05) is 29.6 Å². The van der Waals surface area contributed by atoms with E-state index in [0.29, 0.717) is 5.13 Å². The zero-order valence-corrected chi connectivity index (χ0v) is 16.1. The highest BCUT2D eigenvalue weighted by Crippen LogP contribution is 2.28. The average Bonchev–Trinajstić information content (AvgIpc) is 3.09. The maximum absolute atomic E-state index is 12.4. The van der Waals surface area contributed by atoms with Crippen molar-refractivity contribution in [2.24, 2.45) is 0 Å². The fourth-order valence-electron chi connectivity index (χ4n) is 2.15. The number of H-pyrrole nitrogens is 1. The third-order valence-corrected chi connectivity index (χ3v) is 5.21. The van der Waals surface area contributed by atoms with Crippen molar-refractivity contribution in [1.29, 1.82) is 0 Å². The Labute approximate surface area is 162 Å². The van der Waals surface area contributed by atoms with Gasteiger partial charge in [-0.2, -0.15) is 4.98 Å². The lowest BCUT2D eigenvalue weighted by Gasteiger charge is -2.09. The lowest BCUT2D eigenvalue weighted by molar-refractivity contribution is -0.115. The van der Waals surface area contributed by atoms with Crippen molar-refractivity contribution >= 4 is 34.1 Å². The van der Waals surface area contributed by atoms with Crippen molar-refractivity contribution in [2.75, 3.05) is 12.4 Å². The number of benzene rings is 1. The van der Waals surface area contributed by atoms with Crippen LogP contribution in [0, 0.1) is 0 Å². The summed E-state index contributed by atoms with van der Waals surface area (Å²) < 4.78 is 5.21. The number of thioether (sulfide) groups is 1. The van der Waals surface area contributed by atoms with Crippen molar-refractivity contribution < 1.29 is 14.6 Å². The van der Waals surface area contributed by atoms with Gasteiger partial charge in [-0.3, -0.25) is 9.59 Å². The number of hydrogen-bond donors (Lipinski definition) is 3. The van der Waals surface area contributed by atoms with Gasteiger partial charge in [-0.25, -0.2) is 4.98 Å². The van der Waals surface area contributed by atoms with Gasteiger partial charge < -0.3 is 20.1 Å². The topological polar surface area (TPSA) is 117 Å². The van der Waals surface area contributed by atoms with Gasteiger partial charge in [0, 0.05) is 10.9 Å². The summed E-state index contributed by atoms with van der Waals surface area (Å²) in [6.45, 7) is 1.67. The third-order valence-electron chi connectivity index (χ3n) is 3.46. The van der Waals surface area contributed by atoms with Crippen LogP contribution in [0.1, 0.15) is 6.92 Å². The summed E-state index contributed by atoms with van der Waals surface area (Å²) in [7, 11) is 1.60. The number of aromatic hydroxyl groups is 1. The number of nitrogens with zero attached hydrogens (tertiary/aromatic N) is 2. The summed E-state index contributed by atoms with van der Waals surface area (Å²) in [6, 6.07) is 8.45. The normalized spacial score (nSPS) is 11.8. The molecule has 3 rings (SSSR count). The minimum atomic E-state index is -0.556. The average molecular weight is 404 g/mol. The van der Waals surface area contributed by atoms with E-state index in [0.717, 1.165) is 34.8 Å². The van der Waals surface area contributed by atoms with E-state index in [-0.39, 0.29) is 11.1 Å². The van der Waals surface area contributed by atoms with E-state index in [1.54, 1.807) is 14.0 Å². The van der Waals surface area contributed by atoms with Crippen LogP contribution >= 0.6 is 23.1 Å². The molecule has 0 aliphatic carbocycles. The monoisotopic (exact) mass is 404 g/mol. The van der Waals surface area contributed by atoms with Crippen LogP contribution in [-0.2, 0) is 4.79 Å². The maximum Gasteiger partial charge on any atom is 0.255 e. The molecule has 1 unspecified atom stereocenters. The van der Waals surface area contributed by atoms with Crippen LogP contribution in [-0.4, -0.2) is 38.3 Å². The minimum absolute atomic E-state index is 0.166. The molecule has 27 heavy (non-hydrogen) atoms. The molecule has 140 valence electrons. The summed E-state index contributed by atoms with van der Waals surface area (Å²) in [6.07, 6.45) is 0.